The number of benzene rings is 7. The molecule has 53 heavy (non-hydrogen) atoms. The SMILES string of the molecule is C/C(=C\C(C)C)C1=CC(c2ccc(-c3ccccc3)cc2)N1c1ccc(-c2ccc3c(c2)C2(c4ccccc4-c4ccccc42)c2ccccc2-3)cc1. The van der Waals surface area contributed by atoms with Gasteiger partial charge in [0.2, 0.25) is 0 Å². The second-order valence-corrected chi connectivity index (χ2v) is 15.1. The lowest BCUT2D eigenvalue weighted by atomic mass is 9.70. The summed E-state index contributed by atoms with van der Waals surface area (Å²) in [5.74, 6) is 0.484. The van der Waals surface area contributed by atoms with Crippen LogP contribution in [0.1, 0.15) is 54.6 Å². The van der Waals surface area contributed by atoms with Gasteiger partial charge in [-0.1, -0.05) is 172 Å². The maximum atomic E-state index is 2.51. The van der Waals surface area contributed by atoms with E-state index in [2.05, 4.69) is 208 Å². The van der Waals surface area contributed by atoms with Gasteiger partial charge in [0.05, 0.1) is 11.5 Å². The quantitative estimate of drug-likeness (QED) is 0.169. The van der Waals surface area contributed by atoms with Gasteiger partial charge in [-0.25, -0.2) is 0 Å². The summed E-state index contributed by atoms with van der Waals surface area (Å²) in [5, 5.41) is 0. The first kappa shape index (κ1) is 31.5. The highest BCUT2D eigenvalue weighted by Gasteiger charge is 2.51. The van der Waals surface area contributed by atoms with E-state index in [1.165, 1.54) is 89.3 Å². The Labute approximate surface area is 313 Å². The van der Waals surface area contributed by atoms with E-state index in [-0.39, 0.29) is 11.5 Å². The fraction of sp³-hybridized carbons (Fsp3) is 0.115. The lowest BCUT2D eigenvalue weighted by molar-refractivity contribution is 0.725. The van der Waals surface area contributed by atoms with Gasteiger partial charge in [0.15, 0.2) is 0 Å². The number of hydrogen-bond acceptors (Lipinski definition) is 1. The minimum absolute atomic E-state index is 0.178. The number of anilines is 1. The Bertz CT molecular complexity index is 2520. The summed E-state index contributed by atoms with van der Waals surface area (Å²) in [6, 6.07) is 63.4. The van der Waals surface area contributed by atoms with Crippen LogP contribution in [-0.2, 0) is 5.41 Å². The van der Waals surface area contributed by atoms with Gasteiger partial charge in [-0.3, -0.25) is 0 Å². The zero-order chi connectivity index (χ0) is 35.7. The third-order valence-electron chi connectivity index (χ3n) is 11.7. The van der Waals surface area contributed by atoms with Crippen molar-refractivity contribution in [2.24, 2.45) is 5.92 Å². The van der Waals surface area contributed by atoms with Crippen molar-refractivity contribution in [3.63, 3.8) is 0 Å². The topological polar surface area (TPSA) is 3.24 Å². The van der Waals surface area contributed by atoms with Crippen LogP contribution in [-0.4, -0.2) is 0 Å². The van der Waals surface area contributed by atoms with Crippen molar-refractivity contribution < 1.29 is 0 Å². The van der Waals surface area contributed by atoms with Crippen LogP contribution in [0, 0.1) is 5.92 Å². The Morgan fingerprint density at radius 2 is 0.981 bits per heavy atom. The molecule has 0 bridgehead atoms. The highest BCUT2D eigenvalue weighted by atomic mass is 15.2. The predicted molar refractivity (Wildman–Crippen MR) is 222 cm³/mol. The molecule has 3 aliphatic rings. The van der Waals surface area contributed by atoms with Crippen molar-refractivity contribution in [1.82, 2.24) is 0 Å². The van der Waals surface area contributed by atoms with E-state index in [1.54, 1.807) is 0 Å². The fourth-order valence-corrected chi connectivity index (χ4v) is 9.42. The number of hydrogen-bond donors (Lipinski definition) is 0. The third kappa shape index (κ3) is 4.77. The average molecular weight is 680 g/mol. The van der Waals surface area contributed by atoms with Gasteiger partial charge in [0.25, 0.3) is 0 Å². The van der Waals surface area contributed by atoms with Gasteiger partial charge in [0, 0.05) is 11.4 Å². The first-order valence-corrected chi connectivity index (χ1v) is 18.9. The molecule has 1 spiro atoms. The van der Waals surface area contributed by atoms with Gasteiger partial charge in [-0.2, -0.15) is 0 Å². The van der Waals surface area contributed by atoms with Crippen molar-refractivity contribution >= 4 is 5.69 Å². The first-order valence-electron chi connectivity index (χ1n) is 18.9. The number of allylic oxidation sites excluding steroid dienone is 2. The molecular weight excluding hydrogens is 639 g/mol. The van der Waals surface area contributed by atoms with Crippen LogP contribution >= 0.6 is 0 Å². The fourth-order valence-electron chi connectivity index (χ4n) is 9.42. The average Bonchev–Trinajstić information content (AvgIpc) is 3.65. The minimum Gasteiger partial charge on any atom is -0.330 e. The first-order chi connectivity index (χ1) is 26.0. The molecule has 0 radical (unpaired) electrons. The Balaban J connectivity index is 1.04. The molecule has 0 N–H and O–H groups in total. The zero-order valence-corrected chi connectivity index (χ0v) is 30.4. The van der Waals surface area contributed by atoms with Crippen molar-refractivity contribution in [3.05, 3.63) is 221 Å². The van der Waals surface area contributed by atoms with Crippen molar-refractivity contribution in [2.75, 3.05) is 4.90 Å². The Kier molecular flexibility index (Phi) is 7.27. The molecule has 7 aromatic rings. The van der Waals surface area contributed by atoms with Crippen molar-refractivity contribution in [1.29, 1.82) is 0 Å². The van der Waals surface area contributed by atoms with E-state index in [9.17, 15) is 0 Å². The smallest absolute Gasteiger partial charge is 0.0798 e. The van der Waals surface area contributed by atoms with Crippen molar-refractivity contribution in [2.45, 2.75) is 32.2 Å². The molecule has 0 fully saturated rings. The highest BCUT2D eigenvalue weighted by Crippen LogP contribution is 2.63. The summed E-state index contributed by atoms with van der Waals surface area (Å²) in [5.41, 5.74) is 20.6. The molecule has 254 valence electrons. The van der Waals surface area contributed by atoms with Crippen LogP contribution in [0.5, 0.6) is 0 Å². The second kappa shape index (κ2) is 12.2. The molecule has 0 saturated heterocycles. The molecule has 2 aliphatic carbocycles. The molecule has 1 heteroatoms. The maximum absolute atomic E-state index is 2.51. The molecular formula is C52H41N. The zero-order valence-electron chi connectivity index (χ0n) is 30.4. The molecule has 1 heterocycles. The Morgan fingerprint density at radius 3 is 1.57 bits per heavy atom. The summed E-state index contributed by atoms with van der Waals surface area (Å²) in [4.78, 5) is 2.51. The van der Waals surface area contributed by atoms with Crippen LogP contribution in [0.15, 0.2) is 193 Å². The van der Waals surface area contributed by atoms with E-state index in [0.717, 1.165) is 0 Å². The predicted octanol–water partition coefficient (Wildman–Crippen LogP) is 13.4. The number of nitrogens with zero attached hydrogens (tertiary/aromatic N) is 1. The number of fused-ring (bicyclic) bond motifs is 10. The molecule has 1 atom stereocenters. The highest BCUT2D eigenvalue weighted by molar-refractivity contribution is 5.96. The minimum atomic E-state index is -0.337. The molecule has 7 aromatic carbocycles. The molecule has 0 aromatic heterocycles. The number of rotatable bonds is 6. The van der Waals surface area contributed by atoms with Gasteiger partial charge >= 0.3 is 0 Å². The van der Waals surface area contributed by atoms with Crippen molar-refractivity contribution in [3.8, 4) is 44.5 Å². The van der Waals surface area contributed by atoms with E-state index in [0.29, 0.717) is 5.92 Å². The third-order valence-corrected chi connectivity index (χ3v) is 11.7. The van der Waals surface area contributed by atoms with E-state index in [1.807, 2.05) is 0 Å². The lowest BCUT2D eigenvalue weighted by Gasteiger charge is -2.43. The normalized spacial score (nSPS) is 16.2. The largest absolute Gasteiger partial charge is 0.330 e. The van der Waals surface area contributed by atoms with Gasteiger partial charge < -0.3 is 4.90 Å². The standard InChI is InChI=1S/C52H41N/c1-34(2)31-35(3)50-33-51(39-23-21-37(22-24-39)36-13-5-4-6-14-36)53(50)41-28-25-38(26-29-41)40-27-30-45-44-17-9-12-20-48(44)52(49(45)32-40)46-18-10-7-15-42(46)43-16-8-11-19-47(43)52/h4-34,51H,1-3H3/b35-31+. The van der Waals surface area contributed by atoms with Crippen LogP contribution in [0.25, 0.3) is 44.5 Å². The summed E-state index contributed by atoms with van der Waals surface area (Å²) >= 11 is 0. The second-order valence-electron chi connectivity index (χ2n) is 15.1. The van der Waals surface area contributed by atoms with E-state index >= 15 is 0 Å². The van der Waals surface area contributed by atoms with Gasteiger partial charge in [0.1, 0.15) is 0 Å². The molecule has 1 aliphatic heterocycles. The maximum Gasteiger partial charge on any atom is 0.0798 e. The van der Waals surface area contributed by atoms with Crippen LogP contribution in [0.3, 0.4) is 0 Å². The monoisotopic (exact) mass is 679 g/mol. The summed E-state index contributed by atoms with van der Waals surface area (Å²) in [7, 11) is 0. The van der Waals surface area contributed by atoms with Gasteiger partial charge in [-0.15, -0.1) is 0 Å². The molecule has 1 unspecified atom stereocenters. The lowest BCUT2D eigenvalue weighted by Crippen LogP contribution is -2.36. The summed E-state index contributed by atoms with van der Waals surface area (Å²) in [6.07, 6.45) is 4.80. The van der Waals surface area contributed by atoms with E-state index in [4.69, 9.17) is 0 Å². The molecule has 1 nitrogen and oxygen atoms in total. The van der Waals surface area contributed by atoms with Gasteiger partial charge in [-0.05, 0) is 115 Å². The Hall–Kier alpha value is -6.18. The summed E-state index contributed by atoms with van der Waals surface area (Å²) < 4.78 is 0. The van der Waals surface area contributed by atoms with Crippen LogP contribution in [0.2, 0.25) is 0 Å². The van der Waals surface area contributed by atoms with Crippen LogP contribution < -0.4 is 4.90 Å². The van der Waals surface area contributed by atoms with Crippen LogP contribution in [0.4, 0.5) is 5.69 Å². The molecule has 0 amide bonds. The molecule has 0 saturated carbocycles. The summed E-state index contributed by atoms with van der Waals surface area (Å²) in [6.45, 7) is 6.76. The van der Waals surface area contributed by atoms with E-state index < -0.39 is 0 Å². The Morgan fingerprint density at radius 1 is 0.509 bits per heavy atom. The molecule has 10 rings (SSSR count).